The molecule has 35 heavy (non-hydrogen) atoms. The Labute approximate surface area is 210 Å². The van der Waals surface area contributed by atoms with Gasteiger partial charge in [0.1, 0.15) is 30.4 Å². The van der Waals surface area contributed by atoms with Crippen molar-refractivity contribution < 1.29 is 27.4 Å². The van der Waals surface area contributed by atoms with Crippen LogP contribution in [0.15, 0.2) is 71.6 Å². The number of anilines is 1. The van der Waals surface area contributed by atoms with Crippen LogP contribution in [0, 0.1) is 6.92 Å². The van der Waals surface area contributed by atoms with Crippen molar-refractivity contribution in [1.29, 1.82) is 0 Å². The molecular weight excluding hydrogens is 492 g/mol. The van der Waals surface area contributed by atoms with Crippen molar-refractivity contribution in [3.63, 3.8) is 0 Å². The minimum atomic E-state index is -4.10. The Morgan fingerprint density at radius 2 is 1.69 bits per heavy atom. The van der Waals surface area contributed by atoms with Crippen molar-refractivity contribution in [2.24, 2.45) is 0 Å². The van der Waals surface area contributed by atoms with E-state index in [1.54, 1.807) is 42.5 Å². The summed E-state index contributed by atoms with van der Waals surface area (Å²) >= 11 is 6.10. The normalized spacial score (nSPS) is 11.0. The highest BCUT2D eigenvalue weighted by Crippen LogP contribution is 2.35. The van der Waals surface area contributed by atoms with Gasteiger partial charge in [0.25, 0.3) is 10.0 Å². The molecular formula is C25H27ClN2O6S. The van der Waals surface area contributed by atoms with E-state index >= 15 is 0 Å². The molecule has 0 unspecified atom stereocenters. The van der Waals surface area contributed by atoms with Gasteiger partial charge in [-0.1, -0.05) is 35.9 Å². The summed E-state index contributed by atoms with van der Waals surface area (Å²) in [7, 11) is -1.21. The Hall–Kier alpha value is -3.43. The van der Waals surface area contributed by atoms with E-state index in [0.29, 0.717) is 16.5 Å². The van der Waals surface area contributed by atoms with Crippen LogP contribution in [0.5, 0.6) is 17.2 Å². The van der Waals surface area contributed by atoms with E-state index in [4.69, 9.17) is 25.8 Å². The number of carbonyl (C=O) groups is 1. The largest absolute Gasteiger partial charge is 0.497 e. The summed E-state index contributed by atoms with van der Waals surface area (Å²) in [6.45, 7) is 1.76. The zero-order valence-electron chi connectivity index (χ0n) is 19.7. The number of rotatable bonds is 11. The third-order valence-electron chi connectivity index (χ3n) is 5.11. The number of ether oxygens (including phenoxy) is 3. The van der Waals surface area contributed by atoms with E-state index in [9.17, 15) is 13.2 Å². The number of carbonyl (C=O) groups excluding carboxylic acids is 1. The fraction of sp³-hybridized carbons (Fsp3) is 0.240. The van der Waals surface area contributed by atoms with Gasteiger partial charge in [-0.25, -0.2) is 8.42 Å². The lowest BCUT2D eigenvalue weighted by Gasteiger charge is -2.26. The van der Waals surface area contributed by atoms with Crippen molar-refractivity contribution in [3.8, 4) is 17.2 Å². The highest BCUT2D eigenvalue weighted by molar-refractivity contribution is 7.92. The summed E-state index contributed by atoms with van der Waals surface area (Å²) in [6.07, 6.45) is 0. The molecule has 1 amide bonds. The van der Waals surface area contributed by atoms with Crippen LogP contribution in [-0.2, 0) is 14.8 Å². The first-order chi connectivity index (χ1) is 16.8. The molecule has 0 bridgehead atoms. The quantitative estimate of drug-likeness (QED) is 0.385. The van der Waals surface area contributed by atoms with E-state index in [0.717, 1.165) is 9.87 Å². The Morgan fingerprint density at radius 3 is 2.34 bits per heavy atom. The number of aryl methyl sites for hydroxylation is 1. The van der Waals surface area contributed by atoms with Gasteiger partial charge in [0.05, 0.1) is 31.3 Å². The van der Waals surface area contributed by atoms with Crippen LogP contribution in [0.1, 0.15) is 5.56 Å². The summed E-state index contributed by atoms with van der Waals surface area (Å²) < 4.78 is 44.3. The fourth-order valence-electron chi connectivity index (χ4n) is 3.22. The lowest BCUT2D eigenvalue weighted by molar-refractivity contribution is -0.119. The molecule has 0 saturated carbocycles. The zero-order chi connectivity index (χ0) is 25.4. The van der Waals surface area contributed by atoms with Crippen LogP contribution in [0.4, 0.5) is 5.69 Å². The third-order valence-corrected chi connectivity index (χ3v) is 7.29. The van der Waals surface area contributed by atoms with Crippen molar-refractivity contribution in [3.05, 3.63) is 77.3 Å². The Balaban J connectivity index is 1.78. The van der Waals surface area contributed by atoms with Crippen molar-refractivity contribution >= 4 is 33.2 Å². The number of nitrogens with one attached hydrogen (secondary N) is 1. The molecule has 0 fully saturated rings. The van der Waals surface area contributed by atoms with Crippen LogP contribution in [0.3, 0.4) is 0 Å². The predicted molar refractivity (Wildman–Crippen MR) is 135 cm³/mol. The SMILES string of the molecule is COc1ccc(OC)c(N(CC(=O)NCCOc2ccc(C)c(Cl)c2)S(=O)(=O)c2ccccc2)c1. The van der Waals surface area contributed by atoms with E-state index in [1.807, 2.05) is 13.0 Å². The summed E-state index contributed by atoms with van der Waals surface area (Å²) in [6, 6.07) is 17.9. The van der Waals surface area contributed by atoms with E-state index in [1.165, 1.54) is 32.4 Å². The van der Waals surface area contributed by atoms with Gasteiger partial charge in [0.2, 0.25) is 5.91 Å². The van der Waals surface area contributed by atoms with Crippen LogP contribution in [-0.4, -0.2) is 48.2 Å². The smallest absolute Gasteiger partial charge is 0.264 e. The van der Waals surface area contributed by atoms with Crippen molar-refractivity contribution in [2.45, 2.75) is 11.8 Å². The molecule has 10 heteroatoms. The molecule has 1 N–H and O–H groups in total. The summed E-state index contributed by atoms with van der Waals surface area (Å²) in [5.41, 5.74) is 1.11. The molecule has 0 aliphatic heterocycles. The first-order valence-corrected chi connectivity index (χ1v) is 12.5. The van der Waals surface area contributed by atoms with Gasteiger partial charge in [0.15, 0.2) is 0 Å². The van der Waals surface area contributed by atoms with E-state index in [2.05, 4.69) is 5.32 Å². The maximum Gasteiger partial charge on any atom is 0.264 e. The van der Waals surface area contributed by atoms with E-state index in [-0.39, 0.29) is 29.5 Å². The summed E-state index contributed by atoms with van der Waals surface area (Å²) in [5.74, 6) is 0.751. The number of benzene rings is 3. The molecule has 0 radical (unpaired) electrons. The van der Waals surface area contributed by atoms with Gasteiger partial charge >= 0.3 is 0 Å². The van der Waals surface area contributed by atoms with Crippen LogP contribution >= 0.6 is 11.6 Å². The molecule has 0 aliphatic carbocycles. The van der Waals surface area contributed by atoms with Gasteiger partial charge in [-0.05, 0) is 48.9 Å². The molecule has 0 aromatic heterocycles. The minimum absolute atomic E-state index is 0.0391. The number of halogens is 1. The molecule has 0 aliphatic rings. The average Bonchev–Trinajstić information content (AvgIpc) is 2.87. The van der Waals surface area contributed by atoms with Crippen LogP contribution < -0.4 is 23.8 Å². The van der Waals surface area contributed by atoms with Gasteiger partial charge in [-0.3, -0.25) is 9.10 Å². The summed E-state index contributed by atoms with van der Waals surface area (Å²) in [4.78, 5) is 12.8. The fourth-order valence-corrected chi connectivity index (χ4v) is 4.83. The molecule has 0 spiro atoms. The van der Waals surface area contributed by atoms with E-state index < -0.39 is 22.5 Å². The third kappa shape index (κ3) is 6.58. The van der Waals surface area contributed by atoms with Crippen LogP contribution in [0.25, 0.3) is 0 Å². The first-order valence-electron chi connectivity index (χ1n) is 10.7. The number of sulfonamides is 1. The molecule has 0 heterocycles. The molecule has 3 aromatic rings. The Kier molecular flexibility index (Phi) is 8.84. The number of hydrogen-bond acceptors (Lipinski definition) is 6. The molecule has 3 rings (SSSR count). The molecule has 3 aromatic carbocycles. The highest BCUT2D eigenvalue weighted by Gasteiger charge is 2.29. The monoisotopic (exact) mass is 518 g/mol. The number of amides is 1. The lowest BCUT2D eigenvalue weighted by Crippen LogP contribution is -2.42. The zero-order valence-corrected chi connectivity index (χ0v) is 21.2. The predicted octanol–water partition coefficient (Wildman–Crippen LogP) is 4.06. The maximum absolute atomic E-state index is 13.5. The van der Waals surface area contributed by atoms with Gasteiger partial charge < -0.3 is 19.5 Å². The van der Waals surface area contributed by atoms with Gasteiger partial charge in [-0.15, -0.1) is 0 Å². The number of hydrogen-bond donors (Lipinski definition) is 1. The standard InChI is InChI=1S/C25H27ClN2O6S/c1-18-9-10-20(15-22(18)26)34-14-13-27-25(29)17-28(35(30,31)21-7-5-4-6-8-21)23-16-19(32-2)11-12-24(23)33-3/h4-12,15-16H,13-14,17H2,1-3H3,(H,27,29). The lowest BCUT2D eigenvalue weighted by atomic mass is 10.2. The summed E-state index contributed by atoms with van der Waals surface area (Å²) in [5, 5.41) is 3.28. The minimum Gasteiger partial charge on any atom is -0.497 e. The molecule has 0 saturated heterocycles. The molecule has 186 valence electrons. The topological polar surface area (TPSA) is 94.2 Å². The second-order valence-electron chi connectivity index (χ2n) is 7.47. The Bertz CT molecular complexity index is 1270. The Morgan fingerprint density at radius 1 is 0.971 bits per heavy atom. The van der Waals surface area contributed by atoms with Gasteiger partial charge in [0, 0.05) is 11.1 Å². The van der Waals surface area contributed by atoms with Gasteiger partial charge in [-0.2, -0.15) is 0 Å². The number of nitrogens with zero attached hydrogens (tertiary/aromatic N) is 1. The van der Waals surface area contributed by atoms with Crippen molar-refractivity contribution in [1.82, 2.24) is 5.32 Å². The van der Waals surface area contributed by atoms with Crippen LogP contribution in [0.2, 0.25) is 5.02 Å². The second-order valence-corrected chi connectivity index (χ2v) is 9.74. The average molecular weight is 519 g/mol. The maximum atomic E-state index is 13.5. The van der Waals surface area contributed by atoms with Crippen molar-refractivity contribution in [2.75, 3.05) is 38.2 Å². The number of methoxy groups -OCH3 is 2. The molecule has 8 nitrogen and oxygen atoms in total. The molecule has 0 atom stereocenters. The highest BCUT2D eigenvalue weighted by atomic mass is 35.5. The second kappa shape index (κ2) is 11.8. The first kappa shape index (κ1) is 26.2.